The first kappa shape index (κ1) is 8.63. The standard InChI is InChI=1S/C13H10.Po/c1-3-7-12(8-4-1)11-13-9-5-2-6-10-13;/h1-7,9H,11H2;. The van der Waals surface area contributed by atoms with E-state index < -0.39 is 23.6 Å². The molecule has 0 atom stereocenters. The summed E-state index contributed by atoms with van der Waals surface area (Å²) in [6.07, 6.45) is 1.15. The van der Waals surface area contributed by atoms with Crippen LogP contribution in [-0.2, 0) is 6.42 Å². The Morgan fingerprint density at radius 3 is 1.79 bits per heavy atom. The quantitative estimate of drug-likeness (QED) is 0.555. The number of hydrogen-bond acceptors (Lipinski definition) is 0. The third-order valence-electron chi connectivity index (χ3n) is 2.55. The van der Waals surface area contributed by atoms with Gasteiger partial charge < -0.3 is 0 Å². The number of fused-ring (bicyclic) bond motifs is 2. The van der Waals surface area contributed by atoms with Gasteiger partial charge in [-0.3, -0.25) is 0 Å². The molecule has 1 aliphatic heterocycles. The van der Waals surface area contributed by atoms with Crippen LogP contribution in [0, 0.1) is 0 Å². The molecule has 2 aromatic rings. The SMILES string of the molecule is c1cc[c]2c(c1)Cc1cccc[c]1[Po]2. The van der Waals surface area contributed by atoms with Crippen molar-refractivity contribution in [1.82, 2.24) is 0 Å². The van der Waals surface area contributed by atoms with Crippen molar-refractivity contribution in [2.24, 2.45) is 0 Å². The van der Waals surface area contributed by atoms with Crippen molar-refractivity contribution in [3.63, 3.8) is 0 Å². The van der Waals surface area contributed by atoms with Crippen molar-refractivity contribution >= 4 is 30.0 Å². The Morgan fingerprint density at radius 1 is 0.714 bits per heavy atom. The maximum atomic E-state index is 2.32. The summed E-state index contributed by atoms with van der Waals surface area (Å²) in [6.45, 7) is 0. The Hall–Kier alpha value is -0.664. The monoisotopic (exact) mass is 375 g/mol. The minimum atomic E-state index is -0.454. The van der Waals surface area contributed by atoms with Gasteiger partial charge in [0.05, 0.1) is 0 Å². The summed E-state index contributed by atoms with van der Waals surface area (Å²) >= 11 is -0.454. The summed E-state index contributed by atoms with van der Waals surface area (Å²) in [6, 6.07) is 17.9. The zero-order valence-corrected chi connectivity index (χ0v) is 10.9. The zero-order valence-electron chi connectivity index (χ0n) is 7.73. The molecular formula is C13H10Po. The van der Waals surface area contributed by atoms with Crippen LogP contribution in [0.4, 0.5) is 0 Å². The topological polar surface area (TPSA) is 0 Å². The van der Waals surface area contributed by atoms with E-state index >= 15 is 0 Å². The molecule has 0 saturated heterocycles. The van der Waals surface area contributed by atoms with E-state index in [1.807, 2.05) is 0 Å². The van der Waals surface area contributed by atoms with E-state index in [9.17, 15) is 0 Å². The van der Waals surface area contributed by atoms with Gasteiger partial charge in [0, 0.05) is 0 Å². The minimum absolute atomic E-state index is 0.454. The molecule has 0 unspecified atom stereocenters. The molecule has 0 aliphatic carbocycles. The first-order valence-electron chi connectivity index (χ1n) is 4.77. The first-order chi connectivity index (χ1) is 6.93. The molecule has 0 fully saturated rings. The van der Waals surface area contributed by atoms with Crippen LogP contribution in [0.5, 0.6) is 0 Å². The van der Waals surface area contributed by atoms with E-state index in [1.165, 1.54) is 0 Å². The summed E-state index contributed by atoms with van der Waals surface area (Å²) in [5, 5.41) is 0. The van der Waals surface area contributed by atoms with Gasteiger partial charge >= 0.3 is 96.1 Å². The Labute approximate surface area is 95.8 Å². The van der Waals surface area contributed by atoms with Crippen molar-refractivity contribution in [3.8, 4) is 0 Å². The van der Waals surface area contributed by atoms with Crippen LogP contribution in [-0.4, -0.2) is 23.6 Å². The Morgan fingerprint density at radius 2 is 1.21 bits per heavy atom. The van der Waals surface area contributed by atoms with E-state index in [-0.39, 0.29) is 0 Å². The maximum absolute atomic E-state index is 2.32. The van der Waals surface area contributed by atoms with Crippen LogP contribution in [0.3, 0.4) is 0 Å². The van der Waals surface area contributed by atoms with Gasteiger partial charge in [-0.05, 0) is 0 Å². The molecule has 68 valence electrons. The molecule has 1 heteroatoms. The molecule has 0 bridgehead atoms. The molecule has 0 saturated carbocycles. The molecule has 0 amide bonds. The van der Waals surface area contributed by atoms with Gasteiger partial charge in [-0.15, -0.1) is 0 Å². The van der Waals surface area contributed by atoms with Crippen LogP contribution >= 0.6 is 0 Å². The van der Waals surface area contributed by atoms with Crippen LogP contribution in [0.25, 0.3) is 0 Å². The molecule has 0 aromatic heterocycles. The third-order valence-corrected chi connectivity index (χ3v) is 7.35. The second-order valence-corrected chi connectivity index (χ2v) is 7.71. The molecule has 14 heavy (non-hydrogen) atoms. The van der Waals surface area contributed by atoms with Crippen molar-refractivity contribution in [3.05, 3.63) is 59.7 Å². The van der Waals surface area contributed by atoms with E-state index in [0.717, 1.165) is 6.42 Å². The summed E-state index contributed by atoms with van der Waals surface area (Å²) in [5.41, 5.74) is 3.13. The van der Waals surface area contributed by atoms with Gasteiger partial charge in [-0.1, -0.05) is 0 Å². The molecule has 2 aromatic carbocycles. The molecule has 0 spiro atoms. The Bertz CT molecular complexity index is 387. The van der Waals surface area contributed by atoms with Gasteiger partial charge in [0.25, 0.3) is 0 Å². The van der Waals surface area contributed by atoms with E-state index in [0.29, 0.717) is 0 Å². The summed E-state index contributed by atoms with van der Waals surface area (Å²) in [5.74, 6) is 0. The summed E-state index contributed by atoms with van der Waals surface area (Å²) in [7, 11) is 0. The Kier molecular flexibility index (Phi) is 2.15. The first-order valence-corrected chi connectivity index (χ1v) is 7.94. The van der Waals surface area contributed by atoms with Gasteiger partial charge in [0.1, 0.15) is 0 Å². The molecule has 1 aliphatic rings. The van der Waals surface area contributed by atoms with Crippen LogP contribution in [0.15, 0.2) is 48.5 Å². The van der Waals surface area contributed by atoms with Crippen molar-refractivity contribution in [1.29, 1.82) is 0 Å². The van der Waals surface area contributed by atoms with E-state index in [2.05, 4.69) is 48.5 Å². The van der Waals surface area contributed by atoms with Crippen molar-refractivity contribution in [2.45, 2.75) is 6.42 Å². The van der Waals surface area contributed by atoms with Gasteiger partial charge in [-0.25, -0.2) is 0 Å². The fourth-order valence-electron chi connectivity index (χ4n) is 1.82. The zero-order chi connectivity index (χ0) is 9.38. The number of benzene rings is 2. The molecule has 0 radical (unpaired) electrons. The average Bonchev–Trinajstić information content (AvgIpc) is 2.26. The molecular weight excluding hydrogens is 365 g/mol. The molecule has 3 rings (SSSR count). The predicted molar refractivity (Wildman–Crippen MR) is 60.7 cm³/mol. The number of hydrogen-bond donors (Lipinski definition) is 0. The average molecular weight is 375 g/mol. The predicted octanol–water partition coefficient (Wildman–Crippen LogP) is 1.25. The normalized spacial score (nSPS) is 13.1. The van der Waals surface area contributed by atoms with Gasteiger partial charge in [0.15, 0.2) is 0 Å². The van der Waals surface area contributed by atoms with E-state index in [1.54, 1.807) is 17.6 Å². The number of rotatable bonds is 0. The Balaban J connectivity index is 2.12. The van der Waals surface area contributed by atoms with Crippen molar-refractivity contribution < 1.29 is 0 Å². The van der Waals surface area contributed by atoms with Crippen LogP contribution in [0.2, 0.25) is 0 Å². The van der Waals surface area contributed by atoms with E-state index in [4.69, 9.17) is 0 Å². The second-order valence-electron chi connectivity index (χ2n) is 3.49. The second kappa shape index (κ2) is 3.48. The molecule has 0 N–H and O–H groups in total. The van der Waals surface area contributed by atoms with Gasteiger partial charge in [0.2, 0.25) is 0 Å². The summed E-state index contributed by atoms with van der Waals surface area (Å²) in [4.78, 5) is 0. The third kappa shape index (κ3) is 1.41. The summed E-state index contributed by atoms with van der Waals surface area (Å²) < 4.78 is 3.32. The molecule has 0 nitrogen and oxygen atoms in total. The fraction of sp³-hybridized carbons (Fsp3) is 0.0769. The van der Waals surface area contributed by atoms with Gasteiger partial charge in [-0.2, -0.15) is 0 Å². The molecule has 1 heterocycles. The van der Waals surface area contributed by atoms with Crippen molar-refractivity contribution in [2.75, 3.05) is 0 Å². The van der Waals surface area contributed by atoms with Crippen LogP contribution in [0.1, 0.15) is 11.1 Å². The van der Waals surface area contributed by atoms with Crippen LogP contribution < -0.4 is 6.44 Å². The fourth-order valence-corrected chi connectivity index (χ4v) is 5.99.